The van der Waals surface area contributed by atoms with Crippen LogP contribution in [0.5, 0.6) is 0 Å². The molecule has 0 aromatic heterocycles. The zero-order valence-electron chi connectivity index (χ0n) is 16.4. The number of ether oxygens (including phenoxy) is 1. The van der Waals surface area contributed by atoms with Gasteiger partial charge in [-0.25, -0.2) is 13.2 Å². The Kier molecular flexibility index (Phi) is 8.66. The van der Waals surface area contributed by atoms with E-state index in [2.05, 4.69) is 48.7 Å². The van der Waals surface area contributed by atoms with Crippen LogP contribution in [-0.2, 0) is 19.6 Å². The first kappa shape index (κ1) is 23.8. The van der Waals surface area contributed by atoms with Gasteiger partial charge in [-0.1, -0.05) is 66.4 Å². The molecule has 1 unspecified atom stereocenters. The fourth-order valence-electron chi connectivity index (χ4n) is 2.52. The summed E-state index contributed by atoms with van der Waals surface area (Å²) in [6.45, 7) is 14.0. The smallest absolute Gasteiger partial charge is 0.335 e. The zero-order chi connectivity index (χ0) is 20.8. The lowest BCUT2D eigenvalue weighted by Gasteiger charge is -2.32. The lowest BCUT2D eigenvalue weighted by molar-refractivity contribution is -0.136. The molecule has 0 aliphatic rings. The van der Waals surface area contributed by atoms with Gasteiger partial charge in [0.05, 0.1) is 24.5 Å². The minimum absolute atomic E-state index is 0.0198. The van der Waals surface area contributed by atoms with Crippen molar-refractivity contribution in [3.8, 4) is 0 Å². The number of nitrogens with zero attached hydrogens (tertiary/aromatic N) is 1. The minimum Gasteiger partial charge on any atom is -0.466 e. The third-order valence-corrected chi connectivity index (χ3v) is 8.67. The summed E-state index contributed by atoms with van der Waals surface area (Å²) in [5.74, 6) is -0.628. The van der Waals surface area contributed by atoms with Crippen LogP contribution >= 0.6 is 15.9 Å². The van der Waals surface area contributed by atoms with Crippen LogP contribution < -0.4 is 0 Å². The zero-order valence-corrected chi connectivity index (χ0v) is 19.8. The van der Waals surface area contributed by atoms with Crippen molar-refractivity contribution in [1.82, 2.24) is 4.31 Å². The molecule has 5 nitrogen and oxygen atoms in total. The summed E-state index contributed by atoms with van der Waals surface area (Å²) >= 11 is 3.46. The van der Waals surface area contributed by atoms with Crippen LogP contribution in [0.1, 0.15) is 11.6 Å². The van der Waals surface area contributed by atoms with Gasteiger partial charge >= 0.3 is 5.97 Å². The number of carbonyl (C=O) groups is 1. The second-order valence-electron chi connectivity index (χ2n) is 7.43. The molecule has 0 saturated heterocycles. The molecule has 0 radical (unpaired) electrons. The van der Waals surface area contributed by atoms with E-state index in [1.165, 1.54) is 17.5 Å². The van der Waals surface area contributed by atoms with Gasteiger partial charge in [-0.15, -0.1) is 6.58 Å². The molecule has 0 bridgehead atoms. The quantitative estimate of drug-likeness (QED) is 0.219. The first-order valence-electron chi connectivity index (χ1n) is 8.56. The maximum atomic E-state index is 13.2. The van der Waals surface area contributed by atoms with Crippen molar-refractivity contribution >= 4 is 40.0 Å². The third-order valence-electron chi connectivity index (χ3n) is 4.04. The van der Waals surface area contributed by atoms with E-state index in [-0.39, 0.29) is 17.9 Å². The van der Waals surface area contributed by atoms with E-state index in [1.54, 1.807) is 18.2 Å². The number of esters is 1. The van der Waals surface area contributed by atoms with E-state index in [9.17, 15) is 13.2 Å². The van der Waals surface area contributed by atoms with Crippen molar-refractivity contribution in [2.45, 2.75) is 31.7 Å². The normalized spacial score (nSPS) is 13.3. The molecule has 0 heterocycles. The summed E-state index contributed by atoms with van der Waals surface area (Å²) in [7, 11) is -3.98. The average molecular weight is 474 g/mol. The Balaban J connectivity index is 3.49. The lowest BCUT2D eigenvalue weighted by Crippen LogP contribution is -2.40. The highest BCUT2D eigenvalue weighted by Crippen LogP contribution is 2.35. The van der Waals surface area contributed by atoms with Crippen molar-refractivity contribution in [2.75, 3.05) is 19.4 Å². The SMILES string of the molecule is C=CCN(C(C(=C)C(=O)OC)c1ccccc1Br)S(=O)(=O)CC[Si](C)(C)C. The summed E-state index contributed by atoms with van der Waals surface area (Å²) < 4.78 is 33.2. The lowest BCUT2D eigenvalue weighted by atomic mass is 10.00. The fraction of sp³-hybridized carbons (Fsp3) is 0.421. The Morgan fingerprint density at radius 3 is 2.41 bits per heavy atom. The highest BCUT2D eigenvalue weighted by atomic mass is 79.9. The van der Waals surface area contributed by atoms with Crippen LogP contribution in [0.4, 0.5) is 0 Å². The first-order chi connectivity index (χ1) is 12.4. The van der Waals surface area contributed by atoms with Crippen molar-refractivity contribution in [3.63, 3.8) is 0 Å². The largest absolute Gasteiger partial charge is 0.466 e. The van der Waals surface area contributed by atoms with Gasteiger partial charge < -0.3 is 4.74 Å². The van der Waals surface area contributed by atoms with Crippen molar-refractivity contribution in [1.29, 1.82) is 0 Å². The number of hydrogen-bond donors (Lipinski definition) is 0. The van der Waals surface area contributed by atoms with E-state index in [0.717, 1.165) is 0 Å². The fourth-order valence-corrected chi connectivity index (χ4v) is 7.63. The minimum atomic E-state index is -3.66. The summed E-state index contributed by atoms with van der Waals surface area (Å²) in [6, 6.07) is 6.93. The van der Waals surface area contributed by atoms with Gasteiger partial charge in [-0.2, -0.15) is 4.31 Å². The maximum Gasteiger partial charge on any atom is 0.335 e. The molecule has 1 aromatic rings. The first-order valence-corrected chi connectivity index (χ1v) is 14.7. The van der Waals surface area contributed by atoms with Crippen LogP contribution in [-0.4, -0.2) is 46.2 Å². The van der Waals surface area contributed by atoms with E-state index in [4.69, 9.17) is 4.74 Å². The van der Waals surface area contributed by atoms with E-state index >= 15 is 0 Å². The molecule has 0 amide bonds. The maximum absolute atomic E-state index is 13.2. The van der Waals surface area contributed by atoms with Crippen LogP contribution in [0.15, 0.2) is 53.5 Å². The predicted molar refractivity (Wildman–Crippen MR) is 117 cm³/mol. The molecule has 8 heteroatoms. The molecule has 0 saturated carbocycles. The van der Waals surface area contributed by atoms with Crippen LogP contribution in [0.2, 0.25) is 25.7 Å². The summed E-state index contributed by atoms with van der Waals surface area (Å²) in [4.78, 5) is 12.2. The van der Waals surface area contributed by atoms with Gasteiger partial charge in [-0.05, 0) is 17.7 Å². The second kappa shape index (κ2) is 9.82. The number of halogens is 1. The number of benzene rings is 1. The van der Waals surface area contributed by atoms with E-state index in [0.29, 0.717) is 16.1 Å². The molecular formula is C19H28BrNO4SSi. The van der Waals surface area contributed by atoms with E-state index in [1.807, 2.05) is 6.07 Å². The van der Waals surface area contributed by atoms with Gasteiger partial charge in [0.1, 0.15) is 0 Å². The molecule has 0 fully saturated rings. The Hall–Kier alpha value is -1.22. The van der Waals surface area contributed by atoms with Gasteiger partial charge in [0.2, 0.25) is 10.0 Å². The molecular weight excluding hydrogens is 446 g/mol. The standard InChI is InChI=1S/C19H28BrNO4SSi/c1-7-12-21(26(23,24)13-14-27(4,5)6)18(15(2)19(22)25-3)16-10-8-9-11-17(16)20/h7-11,18H,1-2,12-14H2,3-6H3. The second-order valence-corrected chi connectivity index (χ2v) is 15.9. The van der Waals surface area contributed by atoms with Gasteiger partial charge in [-0.3, -0.25) is 0 Å². The number of sulfonamides is 1. The number of methoxy groups -OCH3 is 1. The summed E-state index contributed by atoms with van der Waals surface area (Å²) in [5.41, 5.74) is 0.689. The van der Waals surface area contributed by atoms with Gasteiger partial charge in [0.25, 0.3) is 0 Å². The third kappa shape index (κ3) is 6.71. The van der Waals surface area contributed by atoms with Crippen molar-refractivity contribution in [3.05, 3.63) is 59.1 Å². The van der Waals surface area contributed by atoms with Crippen molar-refractivity contribution in [2.24, 2.45) is 0 Å². The molecule has 1 atom stereocenters. The van der Waals surface area contributed by atoms with Crippen LogP contribution in [0, 0.1) is 0 Å². The molecule has 0 aliphatic heterocycles. The average Bonchev–Trinajstić information content (AvgIpc) is 2.59. The van der Waals surface area contributed by atoms with Gasteiger partial charge in [0.15, 0.2) is 0 Å². The molecule has 0 N–H and O–H groups in total. The number of hydrogen-bond acceptors (Lipinski definition) is 4. The highest BCUT2D eigenvalue weighted by molar-refractivity contribution is 9.10. The predicted octanol–water partition coefficient (Wildman–Crippen LogP) is 4.38. The molecule has 0 aliphatic carbocycles. The number of rotatable bonds is 10. The highest BCUT2D eigenvalue weighted by Gasteiger charge is 2.36. The van der Waals surface area contributed by atoms with Crippen molar-refractivity contribution < 1.29 is 17.9 Å². The van der Waals surface area contributed by atoms with E-state index < -0.39 is 30.1 Å². The summed E-state index contributed by atoms with van der Waals surface area (Å²) in [5, 5.41) is 0. The Bertz CT molecular complexity index is 802. The summed E-state index contributed by atoms with van der Waals surface area (Å²) in [6.07, 6.45) is 1.51. The molecule has 27 heavy (non-hydrogen) atoms. The Morgan fingerprint density at radius 1 is 1.33 bits per heavy atom. The van der Waals surface area contributed by atoms with Crippen LogP contribution in [0.3, 0.4) is 0 Å². The molecule has 1 rings (SSSR count). The molecule has 0 spiro atoms. The monoisotopic (exact) mass is 473 g/mol. The Labute approximate surface area is 172 Å². The number of carbonyl (C=O) groups excluding carboxylic acids is 1. The Morgan fingerprint density at radius 2 is 1.93 bits per heavy atom. The van der Waals surface area contributed by atoms with Crippen LogP contribution in [0.25, 0.3) is 0 Å². The molecule has 150 valence electrons. The van der Waals surface area contributed by atoms with Gasteiger partial charge in [0, 0.05) is 19.1 Å². The topological polar surface area (TPSA) is 63.7 Å². The molecule has 1 aromatic carbocycles.